The van der Waals surface area contributed by atoms with E-state index in [9.17, 15) is 9.90 Å². The number of urea groups is 1. The Morgan fingerprint density at radius 3 is 2.68 bits per heavy atom. The molecule has 0 fully saturated rings. The van der Waals surface area contributed by atoms with Crippen molar-refractivity contribution in [3.63, 3.8) is 0 Å². The van der Waals surface area contributed by atoms with Gasteiger partial charge in [-0.25, -0.2) is 4.79 Å². The van der Waals surface area contributed by atoms with Crippen molar-refractivity contribution >= 4 is 33.3 Å². The predicted molar refractivity (Wildman–Crippen MR) is 91.3 cm³/mol. The Balaban J connectivity index is 1.73. The summed E-state index contributed by atoms with van der Waals surface area (Å²) >= 11 is 3.36. The van der Waals surface area contributed by atoms with Gasteiger partial charge in [0.25, 0.3) is 0 Å². The summed E-state index contributed by atoms with van der Waals surface area (Å²) in [6.07, 6.45) is 1.89. The van der Waals surface area contributed by atoms with Gasteiger partial charge in [-0.1, -0.05) is 28.1 Å². The van der Waals surface area contributed by atoms with Crippen molar-refractivity contribution in [2.75, 3.05) is 10.6 Å². The van der Waals surface area contributed by atoms with Gasteiger partial charge in [0.2, 0.25) is 0 Å². The average Bonchev–Trinajstić information content (AvgIpc) is 2.50. The average molecular weight is 361 g/mol. The maximum atomic E-state index is 12.1. The van der Waals surface area contributed by atoms with Gasteiger partial charge >= 0.3 is 6.03 Å². The lowest BCUT2D eigenvalue weighted by atomic mass is 9.88. The molecule has 114 valence electrons. The van der Waals surface area contributed by atoms with Crippen LogP contribution in [0, 0.1) is 0 Å². The number of benzene rings is 2. The quantitative estimate of drug-likeness (QED) is 0.759. The second-order valence-electron chi connectivity index (χ2n) is 5.43. The van der Waals surface area contributed by atoms with Crippen LogP contribution in [0.5, 0.6) is 0 Å². The van der Waals surface area contributed by atoms with Crippen LogP contribution in [0.2, 0.25) is 0 Å². The monoisotopic (exact) mass is 360 g/mol. The highest BCUT2D eigenvalue weighted by Gasteiger charge is 2.19. The van der Waals surface area contributed by atoms with Crippen molar-refractivity contribution in [2.45, 2.75) is 25.4 Å². The number of nitrogens with one attached hydrogen (secondary N) is 2. The van der Waals surface area contributed by atoms with E-state index in [0.717, 1.165) is 34.3 Å². The number of hydrogen-bond donors (Lipinski definition) is 3. The van der Waals surface area contributed by atoms with E-state index in [1.807, 2.05) is 36.4 Å². The van der Waals surface area contributed by atoms with E-state index >= 15 is 0 Å². The minimum Gasteiger partial charge on any atom is -0.393 e. The van der Waals surface area contributed by atoms with Crippen molar-refractivity contribution in [1.82, 2.24) is 0 Å². The van der Waals surface area contributed by atoms with Crippen LogP contribution in [0.25, 0.3) is 0 Å². The van der Waals surface area contributed by atoms with Gasteiger partial charge in [-0.15, -0.1) is 0 Å². The van der Waals surface area contributed by atoms with Crippen molar-refractivity contribution in [3.05, 3.63) is 58.1 Å². The summed E-state index contributed by atoms with van der Waals surface area (Å²) < 4.78 is 0.963. The minimum atomic E-state index is -0.329. The number of halogens is 1. The topological polar surface area (TPSA) is 61.4 Å². The second-order valence-corrected chi connectivity index (χ2v) is 6.34. The number of carbonyl (C=O) groups is 1. The third-order valence-corrected chi connectivity index (χ3v) is 4.34. The summed E-state index contributed by atoms with van der Waals surface area (Å²) in [7, 11) is 0. The van der Waals surface area contributed by atoms with Gasteiger partial charge in [0.1, 0.15) is 0 Å². The van der Waals surface area contributed by atoms with Crippen molar-refractivity contribution in [2.24, 2.45) is 0 Å². The van der Waals surface area contributed by atoms with Crippen LogP contribution in [-0.4, -0.2) is 17.2 Å². The van der Waals surface area contributed by atoms with Crippen LogP contribution in [0.4, 0.5) is 16.2 Å². The van der Waals surface area contributed by atoms with Gasteiger partial charge in [-0.2, -0.15) is 0 Å². The second kappa shape index (κ2) is 6.50. The SMILES string of the molecule is O=C(Nc1ccc(Br)cc1)Nc1cccc2c1C[C@H](O)CC2. The number of hydrogen-bond acceptors (Lipinski definition) is 2. The minimum absolute atomic E-state index is 0.282. The molecule has 3 N–H and O–H groups in total. The highest BCUT2D eigenvalue weighted by Crippen LogP contribution is 2.28. The molecular formula is C17H17BrN2O2. The zero-order valence-corrected chi connectivity index (χ0v) is 13.6. The molecule has 0 heterocycles. The van der Waals surface area contributed by atoms with E-state index in [2.05, 4.69) is 32.6 Å². The summed E-state index contributed by atoms with van der Waals surface area (Å²) in [5.41, 5.74) is 3.73. The Bertz CT molecular complexity index is 686. The van der Waals surface area contributed by atoms with Crippen LogP contribution in [0.15, 0.2) is 46.9 Å². The third kappa shape index (κ3) is 3.48. The van der Waals surface area contributed by atoms with Crippen molar-refractivity contribution < 1.29 is 9.90 Å². The molecule has 4 nitrogen and oxygen atoms in total. The number of amides is 2. The van der Waals surface area contributed by atoms with Crippen LogP contribution in [-0.2, 0) is 12.8 Å². The molecule has 5 heteroatoms. The zero-order valence-electron chi connectivity index (χ0n) is 12.0. The van der Waals surface area contributed by atoms with E-state index < -0.39 is 0 Å². The Morgan fingerprint density at radius 2 is 1.91 bits per heavy atom. The first-order valence-electron chi connectivity index (χ1n) is 7.24. The lowest BCUT2D eigenvalue weighted by Crippen LogP contribution is -2.24. The molecule has 0 bridgehead atoms. The summed E-state index contributed by atoms with van der Waals surface area (Å²) in [4.78, 5) is 12.1. The summed E-state index contributed by atoms with van der Waals surface area (Å²) in [5, 5.41) is 15.5. The highest BCUT2D eigenvalue weighted by molar-refractivity contribution is 9.10. The first kappa shape index (κ1) is 15.1. The van der Waals surface area contributed by atoms with E-state index in [-0.39, 0.29) is 12.1 Å². The first-order chi connectivity index (χ1) is 10.6. The summed E-state index contributed by atoms with van der Waals surface area (Å²) in [5.74, 6) is 0. The zero-order chi connectivity index (χ0) is 15.5. The molecular weight excluding hydrogens is 344 g/mol. The Morgan fingerprint density at radius 1 is 1.14 bits per heavy atom. The molecule has 1 aliphatic carbocycles. The fourth-order valence-corrected chi connectivity index (χ4v) is 2.97. The number of aliphatic hydroxyl groups excluding tert-OH is 1. The maximum Gasteiger partial charge on any atom is 0.323 e. The van der Waals surface area contributed by atoms with Crippen LogP contribution in [0.3, 0.4) is 0 Å². The molecule has 3 rings (SSSR count). The number of rotatable bonds is 2. The Hall–Kier alpha value is -1.85. The van der Waals surface area contributed by atoms with Crippen LogP contribution < -0.4 is 10.6 Å². The van der Waals surface area contributed by atoms with Gasteiger partial charge in [-0.3, -0.25) is 0 Å². The molecule has 2 aromatic carbocycles. The molecule has 2 aromatic rings. The van der Waals surface area contributed by atoms with E-state index in [1.54, 1.807) is 0 Å². The lowest BCUT2D eigenvalue weighted by Gasteiger charge is -2.23. The number of anilines is 2. The summed E-state index contributed by atoms with van der Waals surface area (Å²) in [6.45, 7) is 0. The van der Waals surface area contributed by atoms with Crippen LogP contribution >= 0.6 is 15.9 Å². The normalized spacial score (nSPS) is 16.7. The standard InChI is InChI=1S/C17H17BrN2O2/c18-12-5-7-13(8-6-12)19-17(22)20-16-3-1-2-11-4-9-14(21)10-15(11)16/h1-3,5-8,14,21H,4,9-10H2,(H2,19,20,22)/t14-/m1/s1. The largest absolute Gasteiger partial charge is 0.393 e. The first-order valence-corrected chi connectivity index (χ1v) is 8.03. The number of carbonyl (C=O) groups excluding carboxylic acids is 1. The van der Waals surface area contributed by atoms with E-state index in [0.29, 0.717) is 6.42 Å². The van der Waals surface area contributed by atoms with Gasteiger partial charge in [0.05, 0.1) is 6.10 Å². The third-order valence-electron chi connectivity index (χ3n) is 3.81. The number of aliphatic hydroxyl groups is 1. The molecule has 22 heavy (non-hydrogen) atoms. The highest BCUT2D eigenvalue weighted by atomic mass is 79.9. The Kier molecular flexibility index (Phi) is 4.45. The molecule has 0 radical (unpaired) electrons. The molecule has 0 aliphatic heterocycles. The van der Waals surface area contributed by atoms with Gasteiger partial charge in [-0.05, 0) is 54.3 Å². The maximum absolute atomic E-state index is 12.1. The summed E-state index contributed by atoms with van der Waals surface area (Å²) in [6, 6.07) is 13.0. The van der Waals surface area contributed by atoms with Crippen molar-refractivity contribution in [3.8, 4) is 0 Å². The van der Waals surface area contributed by atoms with E-state index in [4.69, 9.17) is 0 Å². The molecule has 1 atom stereocenters. The van der Waals surface area contributed by atoms with Gasteiger partial charge in [0.15, 0.2) is 0 Å². The molecule has 0 saturated heterocycles. The van der Waals surface area contributed by atoms with E-state index in [1.165, 1.54) is 5.56 Å². The van der Waals surface area contributed by atoms with Crippen LogP contribution in [0.1, 0.15) is 17.5 Å². The van der Waals surface area contributed by atoms with Gasteiger partial charge in [0, 0.05) is 22.3 Å². The molecule has 0 aromatic heterocycles. The number of aryl methyl sites for hydroxylation is 1. The fourth-order valence-electron chi connectivity index (χ4n) is 2.70. The smallest absolute Gasteiger partial charge is 0.323 e. The lowest BCUT2D eigenvalue weighted by molar-refractivity contribution is 0.159. The number of fused-ring (bicyclic) bond motifs is 1. The molecule has 0 saturated carbocycles. The fraction of sp³-hybridized carbons (Fsp3) is 0.235. The molecule has 0 unspecified atom stereocenters. The van der Waals surface area contributed by atoms with Crippen molar-refractivity contribution in [1.29, 1.82) is 0 Å². The molecule has 1 aliphatic rings. The molecule has 0 spiro atoms. The molecule has 2 amide bonds. The predicted octanol–water partition coefficient (Wildman–Crippen LogP) is 3.94. The Labute approximate surface area is 137 Å². The van der Waals surface area contributed by atoms with Gasteiger partial charge < -0.3 is 15.7 Å².